The number of carbonyl (C=O) groups is 2. The van der Waals surface area contributed by atoms with E-state index in [9.17, 15) is 9.59 Å². The summed E-state index contributed by atoms with van der Waals surface area (Å²) < 4.78 is 6.09. The molecule has 1 aromatic heterocycles. The molecule has 8 nitrogen and oxygen atoms in total. The molecule has 0 aliphatic carbocycles. The summed E-state index contributed by atoms with van der Waals surface area (Å²) in [6.07, 6.45) is 2.08. The third-order valence-corrected chi connectivity index (χ3v) is 2.33. The van der Waals surface area contributed by atoms with Crippen molar-refractivity contribution < 1.29 is 14.3 Å². The van der Waals surface area contributed by atoms with Gasteiger partial charge < -0.3 is 4.74 Å². The first-order valence-corrected chi connectivity index (χ1v) is 5.89. The van der Waals surface area contributed by atoms with Crippen molar-refractivity contribution in [2.24, 2.45) is 0 Å². The van der Waals surface area contributed by atoms with Gasteiger partial charge in [-0.3, -0.25) is 15.5 Å². The first kappa shape index (κ1) is 13.5. The highest BCUT2D eigenvalue weighted by molar-refractivity contribution is 6.06. The Morgan fingerprint density at radius 2 is 1.95 bits per heavy atom. The summed E-state index contributed by atoms with van der Waals surface area (Å²) in [5, 5.41) is 9.65. The molecular formula is C12H13N5O3. The predicted molar refractivity (Wildman–Crippen MR) is 70.8 cm³/mol. The Labute approximate surface area is 114 Å². The van der Waals surface area contributed by atoms with Crippen molar-refractivity contribution in [2.75, 3.05) is 17.3 Å². The van der Waals surface area contributed by atoms with Crippen LogP contribution < -0.4 is 10.7 Å². The molecule has 0 atom stereocenters. The van der Waals surface area contributed by atoms with Crippen molar-refractivity contribution >= 4 is 17.7 Å². The Morgan fingerprint density at radius 3 is 2.65 bits per heavy atom. The van der Waals surface area contributed by atoms with E-state index < -0.39 is 12.0 Å². The number of anilines is 1. The van der Waals surface area contributed by atoms with Crippen molar-refractivity contribution in [3.05, 3.63) is 42.5 Å². The molecule has 2 aromatic rings. The fourth-order valence-corrected chi connectivity index (χ4v) is 1.50. The first-order chi connectivity index (χ1) is 9.70. The molecule has 0 saturated heterocycles. The summed E-state index contributed by atoms with van der Waals surface area (Å²) in [5.41, 5.74) is 3.20. The zero-order chi connectivity index (χ0) is 14.4. The zero-order valence-corrected chi connectivity index (χ0v) is 10.7. The molecule has 20 heavy (non-hydrogen) atoms. The molecule has 0 bridgehead atoms. The number of nitrogens with zero attached hydrogens (tertiary/aromatic N) is 3. The third-order valence-electron chi connectivity index (χ3n) is 2.33. The van der Waals surface area contributed by atoms with E-state index in [1.54, 1.807) is 31.2 Å². The Hall–Kier alpha value is -2.90. The van der Waals surface area contributed by atoms with E-state index in [1.807, 2.05) is 0 Å². The maximum atomic E-state index is 12.1. The first-order valence-electron chi connectivity index (χ1n) is 5.89. The van der Waals surface area contributed by atoms with Crippen molar-refractivity contribution in [1.82, 2.24) is 14.9 Å². The van der Waals surface area contributed by atoms with E-state index in [0.717, 1.165) is 0 Å². The molecule has 2 N–H and O–H groups in total. The van der Waals surface area contributed by atoms with Crippen molar-refractivity contribution in [3.8, 4) is 0 Å². The van der Waals surface area contributed by atoms with Crippen LogP contribution in [0, 0.1) is 0 Å². The number of amides is 2. The van der Waals surface area contributed by atoms with Crippen LogP contribution in [0.2, 0.25) is 0 Å². The lowest BCUT2D eigenvalue weighted by molar-refractivity contribution is 0.101. The molecule has 0 unspecified atom stereocenters. The van der Waals surface area contributed by atoms with Gasteiger partial charge in [0.2, 0.25) is 0 Å². The van der Waals surface area contributed by atoms with Crippen LogP contribution in [0.25, 0.3) is 0 Å². The Morgan fingerprint density at radius 1 is 1.25 bits per heavy atom. The number of para-hydroxylation sites is 1. The van der Waals surface area contributed by atoms with Crippen molar-refractivity contribution in [2.45, 2.75) is 6.92 Å². The van der Waals surface area contributed by atoms with E-state index in [1.165, 1.54) is 17.3 Å². The van der Waals surface area contributed by atoms with Crippen LogP contribution in [-0.2, 0) is 4.74 Å². The van der Waals surface area contributed by atoms with Crippen LogP contribution in [-0.4, -0.2) is 33.5 Å². The SMILES string of the molecule is CCOC(=O)Nc1ccccc1C(=O)Nn1cnnc1. The molecule has 8 heteroatoms. The molecule has 0 aliphatic rings. The number of hydrogen-bond acceptors (Lipinski definition) is 5. The summed E-state index contributed by atoms with van der Waals surface area (Å²) in [6, 6.07) is 6.59. The van der Waals surface area contributed by atoms with Gasteiger partial charge in [-0.25, -0.2) is 9.47 Å². The van der Waals surface area contributed by atoms with Crippen LogP contribution in [0.3, 0.4) is 0 Å². The maximum Gasteiger partial charge on any atom is 0.411 e. The second-order valence-corrected chi connectivity index (χ2v) is 3.70. The number of nitrogens with one attached hydrogen (secondary N) is 2. The average Bonchev–Trinajstić information content (AvgIpc) is 2.92. The second kappa shape index (κ2) is 6.32. The molecule has 0 fully saturated rings. The van der Waals surface area contributed by atoms with Gasteiger partial charge >= 0.3 is 6.09 Å². The number of aromatic nitrogens is 3. The minimum atomic E-state index is -0.614. The van der Waals surface area contributed by atoms with Gasteiger partial charge in [0, 0.05) is 0 Å². The van der Waals surface area contributed by atoms with Crippen LogP contribution in [0.1, 0.15) is 17.3 Å². The standard InChI is InChI=1S/C12H13N5O3/c1-2-20-12(19)15-10-6-4-3-5-9(10)11(18)16-17-7-13-14-8-17/h3-8H,2H2,1H3,(H,15,19)(H,16,18). The molecule has 0 saturated carbocycles. The van der Waals surface area contributed by atoms with E-state index in [2.05, 4.69) is 20.9 Å². The smallest absolute Gasteiger partial charge is 0.411 e. The summed E-state index contributed by atoms with van der Waals surface area (Å²) in [7, 11) is 0. The lowest BCUT2D eigenvalue weighted by Gasteiger charge is -2.11. The Kier molecular flexibility index (Phi) is 4.28. The average molecular weight is 275 g/mol. The molecule has 104 valence electrons. The van der Waals surface area contributed by atoms with Crippen LogP contribution >= 0.6 is 0 Å². The van der Waals surface area contributed by atoms with Crippen molar-refractivity contribution in [1.29, 1.82) is 0 Å². The lowest BCUT2D eigenvalue weighted by atomic mass is 10.1. The molecule has 2 rings (SSSR count). The molecular weight excluding hydrogens is 262 g/mol. The number of ether oxygens (including phenoxy) is 1. The maximum absolute atomic E-state index is 12.1. The third kappa shape index (κ3) is 3.31. The van der Waals surface area contributed by atoms with E-state index in [4.69, 9.17) is 4.74 Å². The number of carbonyl (C=O) groups excluding carboxylic acids is 2. The Balaban J connectivity index is 2.14. The van der Waals surface area contributed by atoms with Gasteiger partial charge in [0.1, 0.15) is 12.7 Å². The van der Waals surface area contributed by atoms with Gasteiger partial charge in [0.25, 0.3) is 5.91 Å². The molecule has 0 aliphatic heterocycles. The molecule has 1 aromatic carbocycles. The normalized spacial score (nSPS) is 9.85. The summed E-state index contributed by atoms with van der Waals surface area (Å²) in [6.45, 7) is 1.95. The van der Waals surface area contributed by atoms with Gasteiger partial charge in [-0.2, -0.15) is 0 Å². The van der Waals surface area contributed by atoms with Gasteiger partial charge in [-0.15, -0.1) is 10.2 Å². The fraction of sp³-hybridized carbons (Fsp3) is 0.167. The van der Waals surface area contributed by atoms with Crippen LogP contribution in [0.5, 0.6) is 0 Å². The van der Waals surface area contributed by atoms with E-state index in [0.29, 0.717) is 11.3 Å². The summed E-state index contributed by atoms with van der Waals surface area (Å²) in [5.74, 6) is -0.405. The monoisotopic (exact) mass is 275 g/mol. The predicted octanol–water partition coefficient (Wildman–Crippen LogP) is 1.23. The summed E-state index contributed by atoms with van der Waals surface area (Å²) in [4.78, 5) is 23.5. The van der Waals surface area contributed by atoms with E-state index >= 15 is 0 Å². The quantitative estimate of drug-likeness (QED) is 0.874. The summed E-state index contributed by atoms with van der Waals surface area (Å²) >= 11 is 0. The molecule has 2 amide bonds. The van der Waals surface area contributed by atoms with Gasteiger partial charge in [0.15, 0.2) is 0 Å². The number of hydrogen-bond donors (Lipinski definition) is 2. The van der Waals surface area contributed by atoms with Crippen LogP contribution in [0.4, 0.5) is 10.5 Å². The van der Waals surface area contributed by atoms with Crippen LogP contribution in [0.15, 0.2) is 36.9 Å². The second-order valence-electron chi connectivity index (χ2n) is 3.70. The highest BCUT2D eigenvalue weighted by atomic mass is 16.5. The van der Waals surface area contributed by atoms with Crippen molar-refractivity contribution in [3.63, 3.8) is 0 Å². The zero-order valence-electron chi connectivity index (χ0n) is 10.7. The molecule has 0 radical (unpaired) electrons. The Bertz CT molecular complexity index is 597. The topological polar surface area (TPSA) is 98.1 Å². The van der Waals surface area contributed by atoms with Gasteiger partial charge in [-0.05, 0) is 19.1 Å². The molecule has 0 spiro atoms. The largest absolute Gasteiger partial charge is 0.450 e. The van der Waals surface area contributed by atoms with Gasteiger partial charge in [0.05, 0.1) is 17.9 Å². The lowest BCUT2D eigenvalue weighted by Crippen LogP contribution is -2.24. The highest BCUT2D eigenvalue weighted by Gasteiger charge is 2.13. The molecule has 1 heterocycles. The fourth-order valence-electron chi connectivity index (χ4n) is 1.50. The van der Waals surface area contributed by atoms with Gasteiger partial charge in [-0.1, -0.05) is 12.1 Å². The minimum absolute atomic E-state index is 0.251. The highest BCUT2D eigenvalue weighted by Crippen LogP contribution is 2.15. The van der Waals surface area contributed by atoms with E-state index in [-0.39, 0.29) is 6.61 Å². The minimum Gasteiger partial charge on any atom is -0.450 e. The number of benzene rings is 1. The number of rotatable bonds is 4.